The predicted molar refractivity (Wildman–Crippen MR) is 71.6 cm³/mol. The molecule has 2 rings (SSSR count). The summed E-state index contributed by atoms with van der Waals surface area (Å²) in [6, 6.07) is 6.22. The molecule has 0 saturated heterocycles. The second kappa shape index (κ2) is 5.44. The third-order valence-corrected chi connectivity index (χ3v) is 2.96. The Morgan fingerprint density at radius 2 is 2.26 bits per heavy atom. The van der Waals surface area contributed by atoms with Crippen LogP contribution in [0.25, 0.3) is 11.3 Å². The largest absolute Gasteiger partial charge is 0.274 e. The number of nitro benzene ring substituents is 1. The zero-order chi connectivity index (χ0) is 13.8. The van der Waals surface area contributed by atoms with Crippen LogP contribution in [0.5, 0.6) is 0 Å². The number of thiazole rings is 1. The Hall–Kier alpha value is -2.48. The maximum absolute atomic E-state index is 10.7. The van der Waals surface area contributed by atoms with Gasteiger partial charge < -0.3 is 0 Å². The second-order valence-corrected chi connectivity index (χ2v) is 4.51. The minimum absolute atomic E-state index is 0.0156. The van der Waals surface area contributed by atoms with Crippen LogP contribution in [0.2, 0.25) is 0 Å². The number of rotatable bonds is 4. The van der Waals surface area contributed by atoms with E-state index in [1.807, 2.05) is 0 Å². The van der Waals surface area contributed by atoms with E-state index in [1.54, 1.807) is 17.5 Å². The number of nitro groups is 1. The molecule has 0 bridgehead atoms. The van der Waals surface area contributed by atoms with E-state index in [-0.39, 0.29) is 11.6 Å². The van der Waals surface area contributed by atoms with Crippen molar-refractivity contribution in [2.45, 2.75) is 6.92 Å². The lowest BCUT2D eigenvalue weighted by Gasteiger charge is -2.00. The van der Waals surface area contributed by atoms with E-state index in [4.69, 9.17) is 0 Å². The van der Waals surface area contributed by atoms with Crippen LogP contribution in [0.1, 0.15) is 6.92 Å². The van der Waals surface area contributed by atoms with Gasteiger partial charge in [0.1, 0.15) is 0 Å². The molecule has 1 aromatic heterocycles. The number of benzene rings is 1. The Kier molecular flexibility index (Phi) is 3.71. The number of amides is 1. The molecule has 0 spiro atoms. The van der Waals surface area contributed by atoms with Crippen molar-refractivity contribution in [2.75, 3.05) is 5.43 Å². The molecule has 0 aliphatic heterocycles. The van der Waals surface area contributed by atoms with Crippen LogP contribution in [0.3, 0.4) is 0 Å². The van der Waals surface area contributed by atoms with Crippen molar-refractivity contribution in [3.63, 3.8) is 0 Å². The van der Waals surface area contributed by atoms with Crippen LogP contribution in [-0.2, 0) is 4.79 Å². The Balaban J connectivity index is 2.20. The zero-order valence-corrected chi connectivity index (χ0v) is 10.7. The second-order valence-electron chi connectivity index (χ2n) is 3.65. The number of non-ortho nitro benzene ring substituents is 1. The lowest BCUT2D eigenvalue weighted by atomic mass is 10.1. The van der Waals surface area contributed by atoms with Crippen LogP contribution in [0, 0.1) is 10.1 Å². The highest BCUT2D eigenvalue weighted by Crippen LogP contribution is 2.26. The summed E-state index contributed by atoms with van der Waals surface area (Å²) in [6.45, 7) is 1.38. The lowest BCUT2D eigenvalue weighted by Crippen LogP contribution is -2.26. The molecule has 0 saturated carbocycles. The molecule has 1 aromatic carbocycles. The van der Waals surface area contributed by atoms with Gasteiger partial charge in [-0.05, 0) is 0 Å². The van der Waals surface area contributed by atoms with Crippen LogP contribution < -0.4 is 10.9 Å². The highest BCUT2D eigenvalue weighted by atomic mass is 32.1. The number of carbonyl (C=O) groups is 1. The molecule has 7 nitrogen and oxygen atoms in total. The monoisotopic (exact) mass is 278 g/mol. The van der Waals surface area contributed by atoms with Crippen LogP contribution in [0.4, 0.5) is 10.8 Å². The predicted octanol–water partition coefficient (Wildman–Crippen LogP) is 2.18. The maximum atomic E-state index is 10.7. The number of carbonyl (C=O) groups excluding carboxylic acids is 1. The number of hydrogen-bond acceptors (Lipinski definition) is 6. The standard InChI is InChI=1S/C11H10N4O3S/c1-7(16)13-14-11-12-10(6-19-11)8-3-2-4-9(5-8)15(17)18/h2-6H,1H3,(H,12,14)(H,13,16). The van der Waals surface area contributed by atoms with Crippen molar-refractivity contribution < 1.29 is 9.72 Å². The summed E-state index contributed by atoms with van der Waals surface area (Å²) in [5.74, 6) is -0.230. The average Bonchev–Trinajstić information content (AvgIpc) is 2.85. The SMILES string of the molecule is CC(=O)NNc1nc(-c2cccc([N+](=O)[O-])c2)cs1. The highest BCUT2D eigenvalue weighted by molar-refractivity contribution is 7.14. The minimum Gasteiger partial charge on any atom is -0.274 e. The summed E-state index contributed by atoms with van der Waals surface area (Å²) in [4.78, 5) is 25.2. The quantitative estimate of drug-likeness (QED) is 0.660. The molecule has 2 N–H and O–H groups in total. The van der Waals surface area contributed by atoms with E-state index in [0.29, 0.717) is 16.4 Å². The van der Waals surface area contributed by atoms with E-state index in [9.17, 15) is 14.9 Å². The number of aromatic nitrogens is 1. The van der Waals surface area contributed by atoms with Crippen LogP contribution in [0.15, 0.2) is 29.6 Å². The van der Waals surface area contributed by atoms with Gasteiger partial charge in [0.2, 0.25) is 11.0 Å². The van der Waals surface area contributed by atoms with E-state index >= 15 is 0 Å². The first kappa shape index (κ1) is 13.0. The first-order chi connectivity index (χ1) is 9.06. The summed E-state index contributed by atoms with van der Waals surface area (Å²) < 4.78 is 0. The van der Waals surface area contributed by atoms with Crippen molar-refractivity contribution in [3.05, 3.63) is 39.8 Å². The highest BCUT2D eigenvalue weighted by Gasteiger charge is 2.09. The van der Waals surface area contributed by atoms with Gasteiger partial charge in [-0.1, -0.05) is 12.1 Å². The van der Waals surface area contributed by atoms with Gasteiger partial charge in [-0.3, -0.25) is 25.8 Å². The Morgan fingerprint density at radius 3 is 2.95 bits per heavy atom. The number of hydrogen-bond donors (Lipinski definition) is 2. The summed E-state index contributed by atoms with van der Waals surface area (Å²) >= 11 is 1.29. The lowest BCUT2D eigenvalue weighted by molar-refractivity contribution is -0.384. The van der Waals surface area contributed by atoms with E-state index in [2.05, 4.69) is 15.8 Å². The first-order valence-corrected chi connectivity index (χ1v) is 6.17. The van der Waals surface area contributed by atoms with Gasteiger partial charge in [0.05, 0.1) is 10.6 Å². The molecule has 0 aliphatic rings. The molecule has 19 heavy (non-hydrogen) atoms. The molecule has 1 heterocycles. The van der Waals surface area contributed by atoms with Crippen molar-refractivity contribution in [1.29, 1.82) is 0 Å². The Labute approximate surface area is 112 Å². The van der Waals surface area contributed by atoms with Crippen molar-refractivity contribution in [2.24, 2.45) is 0 Å². The Morgan fingerprint density at radius 1 is 1.47 bits per heavy atom. The molecular weight excluding hydrogens is 268 g/mol. The summed E-state index contributed by atoms with van der Waals surface area (Å²) in [5, 5.41) is 13.0. The van der Waals surface area contributed by atoms with Gasteiger partial charge in [-0.15, -0.1) is 11.3 Å². The summed E-state index contributed by atoms with van der Waals surface area (Å²) in [7, 11) is 0. The van der Waals surface area contributed by atoms with Crippen molar-refractivity contribution in [3.8, 4) is 11.3 Å². The van der Waals surface area contributed by atoms with Gasteiger partial charge in [-0.2, -0.15) is 0 Å². The summed E-state index contributed by atoms with van der Waals surface area (Å²) in [6.07, 6.45) is 0. The van der Waals surface area contributed by atoms with E-state index in [0.717, 1.165) is 0 Å². The van der Waals surface area contributed by atoms with Crippen LogP contribution >= 0.6 is 11.3 Å². The number of nitrogens with zero attached hydrogens (tertiary/aromatic N) is 2. The van der Waals surface area contributed by atoms with Crippen molar-refractivity contribution in [1.82, 2.24) is 10.4 Å². The van der Waals surface area contributed by atoms with Crippen molar-refractivity contribution >= 4 is 28.1 Å². The molecule has 2 aromatic rings. The molecule has 0 radical (unpaired) electrons. The summed E-state index contributed by atoms with van der Waals surface area (Å²) in [5.41, 5.74) is 6.33. The molecule has 1 amide bonds. The third kappa shape index (κ3) is 3.26. The molecular formula is C11H10N4O3S. The minimum atomic E-state index is -0.452. The number of anilines is 1. The molecule has 0 unspecified atom stereocenters. The third-order valence-electron chi connectivity index (χ3n) is 2.20. The van der Waals surface area contributed by atoms with Crippen LogP contribution in [-0.4, -0.2) is 15.8 Å². The fourth-order valence-corrected chi connectivity index (χ4v) is 2.06. The Bertz CT molecular complexity index is 626. The molecule has 0 aliphatic carbocycles. The molecule has 0 atom stereocenters. The number of nitrogens with one attached hydrogen (secondary N) is 2. The van der Waals surface area contributed by atoms with Gasteiger partial charge in [-0.25, -0.2) is 4.98 Å². The topological polar surface area (TPSA) is 97.2 Å². The fourth-order valence-electron chi connectivity index (χ4n) is 1.38. The molecule has 8 heteroatoms. The van der Waals surface area contributed by atoms with E-state index in [1.165, 1.54) is 30.4 Å². The average molecular weight is 278 g/mol. The fraction of sp³-hybridized carbons (Fsp3) is 0.0909. The van der Waals surface area contributed by atoms with Gasteiger partial charge in [0.25, 0.3) is 5.69 Å². The van der Waals surface area contributed by atoms with Gasteiger partial charge >= 0.3 is 0 Å². The molecule has 98 valence electrons. The zero-order valence-electron chi connectivity index (χ0n) is 9.91. The van der Waals surface area contributed by atoms with Gasteiger partial charge in [0, 0.05) is 30.0 Å². The number of hydrazine groups is 1. The first-order valence-electron chi connectivity index (χ1n) is 5.29. The smallest absolute Gasteiger partial charge is 0.270 e. The normalized spacial score (nSPS) is 9.95. The molecule has 0 fully saturated rings. The van der Waals surface area contributed by atoms with Gasteiger partial charge in [0.15, 0.2) is 0 Å². The maximum Gasteiger partial charge on any atom is 0.270 e. The van der Waals surface area contributed by atoms with E-state index < -0.39 is 4.92 Å².